The van der Waals surface area contributed by atoms with E-state index in [0.29, 0.717) is 36.8 Å². The zero-order chi connectivity index (χ0) is 19.9. The molecule has 0 bridgehead atoms. The summed E-state index contributed by atoms with van der Waals surface area (Å²) in [6.45, 7) is 1.76. The van der Waals surface area contributed by atoms with E-state index >= 15 is 0 Å². The molecular formula is C20H26N4O4. The molecule has 0 atom stereocenters. The van der Waals surface area contributed by atoms with Gasteiger partial charge in [-0.25, -0.2) is 4.98 Å². The van der Waals surface area contributed by atoms with Crippen molar-refractivity contribution in [3.05, 3.63) is 41.5 Å². The molecule has 2 heterocycles. The molecule has 0 spiro atoms. The van der Waals surface area contributed by atoms with E-state index < -0.39 is 0 Å². The van der Waals surface area contributed by atoms with Gasteiger partial charge in [-0.15, -0.1) is 0 Å². The van der Waals surface area contributed by atoms with Crippen molar-refractivity contribution < 1.29 is 19.1 Å². The summed E-state index contributed by atoms with van der Waals surface area (Å²) >= 11 is 0. The maximum atomic E-state index is 12.8. The number of aromatic nitrogens is 2. The molecule has 2 aromatic rings. The van der Waals surface area contributed by atoms with E-state index in [4.69, 9.17) is 9.47 Å². The lowest BCUT2D eigenvalue weighted by atomic mass is 10.1. The molecule has 28 heavy (non-hydrogen) atoms. The second-order valence-corrected chi connectivity index (χ2v) is 6.63. The van der Waals surface area contributed by atoms with Gasteiger partial charge in [-0.2, -0.15) is 0 Å². The number of fused-ring (bicyclic) bond motifs is 1. The van der Waals surface area contributed by atoms with Crippen LogP contribution in [0.3, 0.4) is 0 Å². The molecule has 1 aromatic heterocycles. The normalized spacial score (nSPS) is 12.9. The standard InChI is InChI=1S/C20H26N4O4/c1-27-12-6-10-21-19(25)17-16-9-3-4-11-24(16)18(23-17)20(26)22-14-7-5-8-15(13-14)28-2/h5,7-8,13H,3-4,6,9-12H2,1-2H3,(H,21,25)(H,22,26). The number of nitrogens with zero attached hydrogens (tertiary/aromatic N) is 2. The number of hydrogen-bond acceptors (Lipinski definition) is 5. The average Bonchev–Trinajstić information content (AvgIpc) is 3.11. The molecule has 0 unspecified atom stereocenters. The number of hydrogen-bond donors (Lipinski definition) is 2. The molecule has 0 radical (unpaired) electrons. The number of rotatable bonds is 8. The third-order valence-electron chi connectivity index (χ3n) is 4.67. The number of anilines is 1. The summed E-state index contributed by atoms with van der Waals surface area (Å²) in [6, 6.07) is 7.12. The Kier molecular flexibility index (Phi) is 6.65. The number of benzene rings is 1. The number of ether oxygens (including phenoxy) is 2. The first-order valence-corrected chi connectivity index (χ1v) is 9.46. The lowest BCUT2D eigenvalue weighted by Gasteiger charge is -2.17. The topological polar surface area (TPSA) is 94.5 Å². The highest BCUT2D eigenvalue weighted by molar-refractivity contribution is 6.03. The summed E-state index contributed by atoms with van der Waals surface area (Å²) in [6.07, 6.45) is 3.39. The van der Waals surface area contributed by atoms with Crippen LogP contribution in [0.1, 0.15) is 46.1 Å². The zero-order valence-corrected chi connectivity index (χ0v) is 16.3. The summed E-state index contributed by atoms with van der Waals surface area (Å²) < 4.78 is 12.0. The van der Waals surface area contributed by atoms with Crippen LogP contribution < -0.4 is 15.4 Å². The Labute approximate surface area is 164 Å². The number of methoxy groups -OCH3 is 2. The second kappa shape index (κ2) is 9.36. The van der Waals surface area contributed by atoms with Crippen LogP contribution >= 0.6 is 0 Å². The third-order valence-corrected chi connectivity index (χ3v) is 4.67. The molecule has 8 heteroatoms. The summed E-state index contributed by atoms with van der Waals surface area (Å²) in [4.78, 5) is 29.8. The van der Waals surface area contributed by atoms with Gasteiger partial charge in [0, 0.05) is 38.6 Å². The molecule has 1 aliphatic rings. The molecule has 1 aliphatic heterocycles. The van der Waals surface area contributed by atoms with Gasteiger partial charge in [0.15, 0.2) is 5.82 Å². The number of nitrogens with one attached hydrogen (secondary N) is 2. The van der Waals surface area contributed by atoms with Gasteiger partial charge in [0.1, 0.15) is 11.4 Å². The quantitative estimate of drug-likeness (QED) is 0.679. The Balaban J connectivity index is 1.79. The smallest absolute Gasteiger partial charge is 0.291 e. The molecule has 2 amide bonds. The summed E-state index contributed by atoms with van der Waals surface area (Å²) in [5, 5.41) is 5.70. The van der Waals surface area contributed by atoms with E-state index in [2.05, 4.69) is 15.6 Å². The number of carbonyl (C=O) groups is 2. The minimum atomic E-state index is -0.338. The number of imidazole rings is 1. The van der Waals surface area contributed by atoms with Gasteiger partial charge in [-0.05, 0) is 37.8 Å². The van der Waals surface area contributed by atoms with E-state index in [-0.39, 0.29) is 17.6 Å². The van der Waals surface area contributed by atoms with Crippen LogP contribution in [-0.4, -0.2) is 48.7 Å². The highest BCUT2D eigenvalue weighted by Crippen LogP contribution is 2.23. The summed E-state index contributed by atoms with van der Waals surface area (Å²) in [5.41, 5.74) is 1.78. The van der Waals surface area contributed by atoms with E-state index in [1.165, 1.54) is 0 Å². The average molecular weight is 386 g/mol. The molecule has 0 saturated heterocycles. The molecule has 150 valence electrons. The second-order valence-electron chi connectivity index (χ2n) is 6.63. The minimum Gasteiger partial charge on any atom is -0.497 e. The highest BCUT2D eigenvalue weighted by Gasteiger charge is 2.27. The van der Waals surface area contributed by atoms with Crippen molar-refractivity contribution in [2.45, 2.75) is 32.2 Å². The molecule has 0 aliphatic carbocycles. The van der Waals surface area contributed by atoms with Crippen LogP contribution in [0.4, 0.5) is 5.69 Å². The van der Waals surface area contributed by atoms with Gasteiger partial charge in [-0.1, -0.05) is 6.07 Å². The van der Waals surface area contributed by atoms with Crippen LogP contribution in [0.15, 0.2) is 24.3 Å². The van der Waals surface area contributed by atoms with Gasteiger partial charge in [0.25, 0.3) is 11.8 Å². The minimum absolute atomic E-state index is 0.248. The molecule has 1 aromatic carbocycles. The van der Waals surface area contributed by atoms with E-state index in [0.717, 1.165) is 31.4 Å². The molecule has 2 N–H and O–H groups in total. The van der Waals surface area contributed by atoms with Gasteiger partial charge in [0.2, 0.25) is 0 Å². The number of amides is 2. The van der Waals surface area contributed by atoms with Crippen molar-refractivity contribution in [2.24, 2.45) is 0 Å². The Morgan fingerprint density at radius 3 is 2.86 bits per heavy atom. The largest absolute Gasteiger partial charge is 0.497 e. The lowest BCUT2D eigenvalue weighted by Crippen LogP contribution is -2.27. The zero-order valence-electron chi connectivity index (χ0n) is 16.3. The number of carbonyl (C=O) groups excluding carboxylic acids is 2. The lowest BCUT2D eigenvalue weighted by molar-refractivity contribution is 0.0942. The van der Waals surface area contributed by atoms with Crippen molar-refractivity contribution in [3.8, 4) is 5.75 Å². The predicted molar refractivity (Wildman–Crippen MR) is 105 cm³/mol. The fraction of sp³-hybridized carbons (Fsp3) is 0.450. The maximum absolute atomic E-state index is 12.8. The van der Waals surface area contributed by atoms with E-state index in [1.54, 1.807) is 38.5 Å². The van der Waals surface area contributed by atoms with Crippen LogP contribution in [0.5, 0.6) is 5.75 Å². The van der Waals surface area contributed by atoms with Gasteiger partial charge in [0.05, 0.1) is 12.8 Å². The van der Waals surface area contributed by atoms with Crippen molar-refractivity contribution in [2.75, 3.05) is 32.7 Å². The van der Waals surface area contributed by atoms with Crippen molar-refractivity contribution >= 4 is 17.5 Å². The van der Waals surface area contributed by atoms with E-state index in [1.807, 2.05) is 4.57 Å². The molecule has 0 saturated carbocycles. The molecule has 0 fully saturated rings. The first kappa shape index (κ1) is 19.9. The van der Waals surface area contributed by atoms with Gasteiger partial charge < -0.3 is 24.7 Å². The maximum Gasteiger partial charge on any atom is 0.291 e. The highest BCUT2D eigenvalue weighted by atomic mass is 16.5. The summed E-state index contributed by atoms with van der Waals surface area (Å²) in [7, 11) is 3.20. The van der Waals surface area contributed by atoms with Crippen molar-refractivity contribution in [1.29, 1.82) is 0 Å². The van der Waals surface area contributed by atoms with Gasteiger partial charge in [-0.3, -0.25) is 9.59 Å². The Bertz CT molecular complexity index is 847. The fourth-order valence-corrected chi connectivity index (χ4v) is 3.29. The molecule has 8 nitrogen and oxygen atoms in total. The Morgan fingerprint density at radius 2 is 2.07 bits per heavy atom. The Hall–Kier alpha value is -2.87. The van der Waals surface area contributed by atoms with Crippen LogP contribution in [0, 0.1) is 0 Å². The van der Waals surface area contributed by atoms with Crippen LogP contribution in [0.25, 0.3) is 0 Å². The predicted octanol–water partition coefficient (Wildman–Crippen LogP) is 2.25. The van der Waals surface area contributed by atoms with Crippen LogP contribution in [-0.2, 0) is 17.7 Å². The van der Waals surface area contributed by atoms with Gasteiger partial charge >= 0.3 is 0 Å². The van der Waals surface area contributed by atoms with Crippen LogP contribution in [0.2, 0.25) is 0 Å². The van der Waals surface area contributed by atoms with Crippen molar-refractivity contribution in [3.63, 3.8) is 0 Å². The van der Waals surface area contributed by atoms with Crippen molar-refractivity contribution in [1.82, 2.24) is 14.9 Å². The molecular weight excluding hydrogens is 360 g/mol. The van der Waals surface area contributed by atoms with E-state index in [9.17, 15) is 9.59 Å². The third kappa shape index (κ3) is 4.51. The SMILES string of the molecule is COCCCNC(=O)c1nc(C(=O)Nc2cccc(OC)c2)n2c1CCCC2. The fourth-order valence-electron chi connectivity index (χ4n) is 3.29. The summed E-state index contributed by atoms with van der Waals surface area (Å²) in [5.74, 6) is 0.329. The monoisotopic (exact) mass is 386 g/mol. The first-order chi connectivity index (χ1) is 13.6. The molecule has 3 rings (SSSR count). The Morgan fingerprint density at radius 1 is 1.21 bits per heavy atom. The first-order valence-electron chi connectivity index (χ1n) is 9.46.